The Balaban J connectivity index is 2.27. The van der Waals surface area contributed by atoms with Gasteiger partial charge in [-0.05, 0) is 25.7 Å². The lowest BCUT2D eigenvalue weighted by Crippen LogP contribution is -2.38. The number of carbonyl (C=O) groups is 2. The second-order valence-electron chi connectivity index (χ2n) is 6.59. The molecule has 1 rings (SSSR count). The standard InChI is InChI=1S/C16H30N2O4S/c1-18(2)16(20)11-7-8-12-23(21,22)13-15(19)17-14-9-5-3-4-6-10-14/h14H,3-13H2,1-2H3,(H,17,19). The number of unbranched alkanes of at least 4 members (excludes halogenated alkanes) is 1. The van der Waals surface area contributed by atoms with E-state index in [1.165, 1.54) is 17.7 Å². The molecule has 0 atom stereocenters. The molecule has 0 radical (unpaired) electrons. The molecule has 1 fully saturated rings. The van der Waals surface area contributed by atoms with Crippen LogP contribution in [-0.4, -0.2) is 56.8 Å². The molecule has 1 saturated carbocycles. The Labute approximate surface area is 139 Å². The van der Waals surface area contributed by atoms with Crippen molar-refractivity contribution in [3.63, 3.8) is 0 Å². The van der Waals surface area contributed by atoms with Crippen LogP contribution in [0.1, 0.15) is 57.8 Å². The molecular weight excluding hydrogens is 316 g/mol. The molecule has 2 amide bonds. The molecule has 23 heavy (non-hydrogen) atoms. The first kappa shape index (κ1) is 19.9. The summed E-state index contributed by atoms with van der Waals surface area (Å²) in [4.78, 5) is 24.8. The van der Waals surface area contributed by atoms with Crippen molar-refractivity contribution in [3.8, 4) is 0 Å². The van der Waals surface area contributed by atoms with Crippen LogP contribution in [0.3, 0.4) is 0 Å². The third-order valence-corrected chi connectivity index (χ3v) is 5.78. The Hall–Kier alpha value is -1.11. The number of hydrogen-bond acceptors (Lipinski definition) is 4. The van der Waals surface area contributed by atoms with Gasteiger partial charge in [-0.3, -0.25) is 9.59 Å². The quantitative estimate of drug-likeness (QED) is 0.533. The van der Waals surface area contributed by atoms with E-state index in [0.717, 1.165) is 25.7 Å². The summed E-state index contributed by atoms with van der Waals surface area (Å²) < 4.78 is 23.9. The molecule has 7 heteroatoms. The Bertz CT molecular complexity index is 480. The van der Waals surface area contributed by atoms with Gasteiger partial charge in [0.1, 0.15) is 5.75 Å². The van der Waals surface area contributed by atoms with Gasteiger partial charge in [-0.1, -0.05) is 25.7 Å². The summed E-state index contributed by atoms with van der Waals surface area (Å²) in [5, 5.41) is 2.86. The molecule has 0 aromatic carbocycles. The van der Waals surface area contributed by atoms with Crippen LogP contribution in [-0.2, 0) is 19.4 Å². The molecule has 0 aliphatic heterocycles. The van der Waals surface area contributed by atoms with Crippen molar-refractivity contribution in [2.45, 2.75) is 63.8 Å². The van der Waals surface area contributed by atoms with E-state index in [-0.39, 0.29) is 23.6 Å². The van der Waals surface area contributed by atoms with Crippen LogP contribution in [0.2, 0.25) is 0 Å². The zero-order valence-corrected chi connectivity index (χ0v) is 15.2. The molecule has 0 aromatic heterocycles. The van der Waals surface area contributed by atoms with E-state index in [2.05, 4.69) is 5.32 Å². The van der Waals surface area contributed by atoms with Crippen LogP contribution in [0.25, 0.3) is 0 Å². The van der Waals surface area contributed by atoms with Gasteiger partial charge in [0.15, 0.2) is 9.84 Å². The molecule has 0 heterocycles. The molecular formula is C16H30N2O4S. The van der Waals surface area contributed by atoms with Crippen molar-refractivity contribution < 1.29 is 18.0 Å². The van der Waals surface area contributed by atoms with E-state index < -0.39 is 15.6 Å². The van der Waals surface area contributed by atoms with Crippen molar-refractivity contribution in [1.29, 1.82) is 0 Å². The van der Waals surface area contributed by atoms with Gasteiger partial charge in [0.2, 0.25) is 11.8 Å². The summed E-state index contributed by atoms with van der Waals surface area (Å²) in [7, 11) is -0.0408. The average Bonchev–Trinajstić information content (AvgIpc) is 2.71. The number of nitrogens with one attached hydrogen (secondary N) is 1. The summed E-state index contributed by atoms with van der Waals surface area (Å²) in [5.41, 5.74) is 0. The average molecular weight is 346 g/mol. The van der Waals surface area contributed by atoms with Crippen molar-refractivity contribution in [2.75, 3.05) is 25.6 Å². The van der Waals surface area contributed by atoms with Crippen molar-refractivity contribution in [2.24, 2.45) is 0 Å². The minimum Gasteiger partial charge on any atom is -0.352 e. The van der Waals surface area contributed by atoms with E-state index in [9.17, 15) is 18.0 Å². The van der Waals surface area contributed by atoms with Crippen molar-refractivity contribution in [3.05, 3.63) is 0 Å². The molecule has 0 unspecified atom stereocenters. The lowest BCUT2D eigenvalue weighted by atomic mass is 10.1. The van der Waals surface area contributed by atoms with Crippen LogP contribution in [0.15, 0.2) is 0 Å². The monoisotopic (exact) mass is 346 g/mol. The van der Waals surface area contributed by atoms with Crippen LogP contribution in [0, 0.1) is 0 Å². The fraction of sp³-hybridized carbons (Fsp3) is 0.875. The van der Waals surface area contributed by atoms with Gasteiger partial charge >= 0.3 is 0 Å². The second-order valence-corrected chi connectivity index (χ2v) is 8.78. The smallest absolute Gasteiger partial charge is 0.235 e. The number of sulfone groups is 1. The Morgan fingerprint density at radius 1 is 1.04 bits per heavy atom. The first-order valence-electron chi connectivity index (χ1n) is 8.50. The Morgan fingerprint density at radius 3 is 2.22 bits per heavy atom. The van der Waals surface area contributed by atoms with Gasteiger partial charge in [0.25, 0.3) is 0 Å². The predicted molar refractivity (Wildman–Crippen MR) is 90.8 cm³/mol. The maximum absolute atomic E-state index is 12.0. The normalized spacial score (nSPS) is 16.6. The molecule has 1 aliphatic carbocycles. The summed E-state index contributed by atoms with van der Waals surface area (Å²) in [5.74, 6) is -0.869. The highest BCUT2D eigenvalue weighted by Gasteiger charge is 2.20. The molecule has 6 nitrogen and oxygen atoms in total. The molecule has 0 bridgehead atoms. The fourth-order valence-corrected chi connectivity index (χ4v) is 4.06. The van der Waals surface area contributed by atoms with E-state index in [4.69, 9.17) is 0 Å². The van der Waals surface area contributed by atoms with Gasteiger partial charge in [-0.2, -0.15) is 0 Å². The van der Waals surface area contributed by atoms with Crippen LogP contribution in [0.5, 0.6) is 0 Å². The molecule has 134 valence electrons. The highest BCUT2D eigenvalue weighted by molar-refractivity contribution is 7.92. The minimum atomic E-state index is -3.40. The van der Waals surface area contributed by atoms with E-state index in [0.29, 0.717) is 19.3 Å². The lowest BCUT2D eigenvalue weighted by Gasteiger charge is -2.16. The molecule has 1 N–H and O–H groups in total. The third kappa shape index (κ3) is 8.93. The predicted octanol–water partition coefficient (Wildman–Crippen LogP) is 1.50. The maximum Gasteiger partial charge on any atom is 0.235 e. The zero-order valence-electron chi connectivity index (χ0n) is 14.3. The minimum absolute atomic E-state index is 0.00601. The first-order valence-corrected chi connectivity index (χ1v) is 10.3. The first-order chi connectivity index (χ1) is 10.8. The molecule has 0 spiro atoms. The number of amides is 2. The summed E-state index contributed by atoms with van der Waals surface area (Å²) in [6.07, 6.45) is 7.74. The molecule has 0 aromatic rings. The lowest BCUT2D eigenvalue weighted by molar-refractivity contribution is -0.128. The highest BCUT2D eigenvalue weighted by atomic mass is 32.2. The summed E-state index contributed by atoms with van der Waals surface area (Å²) in [6, 6.07) is 0.123. The van der Waals surface area contributed by atoms with E-state index in [1.54, 1.807) is 14.1 Å². The van der Waals surface area contributed by atoms with Crippen LogP contribution < -0.4 is 5.32 Å². The fourth-order valence-electron chi connectivity index (χ4n) is 2.79. The molecule has 0 saturated heterocycles. The summed E-state index contributed by atoms with van der Waals surface area (Å²) >= 11 is 0. The SMILES string of the molecule is CN(C)C(=O)CCCCS(=O)(=O)CC(=O)NC1CCCCCC1. The Kier molecular flexibility index (Phi) is 8.58. The van der Waals surface area contributed by atoms with Gasteiger partial charge in [-0.25, -0.2) is 8.42 Å². The highest BCUT2D eigenvalue weighted by Crippen LogP contribution is 2.17. The topological polar surface area (TPSA) is 83.6 Å². The van der Waals surface area contributed by atoms with Crippen LogP contribution >= 0.6 is 0 Å². The van der Waals surface area contributed by atoms with Gasteiger partial charge in [0.05, 0.1) is 5.75 Å². The van der Waals surface area contributed by atoms with Gasteiger partial charge in [0, 0.05) is 26.6 Å². The largest absolute Gasteiger partial charge is 0.352 e. The molecule has 1 aliphatic rings. The summed E-state index contributed by atoms with van der Waals surface area (Å²) in [6.45, 7) is 0. The van der Waals surface area contributed by atoms with Crippen LogP contribution in [0.4, 0.5) is 0 Å². The zero-order chi connectivity index (χ0) is 17.3. The van der Waals surface area contributed by atoms with Gasteiger partial charge in [-0.15, -0.1) is 0 Å². The second kappa shape index (κ2) is 9.90. The Morgan fingerprint density at radius 2 is 1.65 bits per heavy atom. The van der Waals surface area contributed by atoms with E-state index >= 15 is 0 Å². The number of hydrogen-bond donors (Lipinski definition) is 1. The van der Waals surface area contributed by atoms with E-state index in [1.807, 2.05) is 0 Å². The third-order valence-electron chi connectivity index (χ3n) is 4.17. The van der Waals surface area contributed by atoms with Crippen molar-refractivity contribution >= 4 is 21.7 Å². The van der Waals surface area contributed by atoms with Gasteiger partial charge < -0.3 is 10.2 Å². The number of rotatable bonds is 8. The maximum atomic E-state index is 12.0. The number of nitrogens with zero attached hydrogens (tertiary/aromatic N) is 1. The number of carbonyl (C=O) groups excluding carboxylic acids is 2. The van der Waals surface area contributed by atoms with Crippen molar-refractivity contribution in [1.82, 2.24) is 10.2 Å².